The van der Waals surface area contributed by atoms with Crippen LogP contribution < -0.4 is 5.32 Å². The van der Waals surface area contributed by atoms with Crippen molar-refractivity contribution in [1.82, 2.24) is 4.90 Å². The number of anilines is 1. The largest absolute Gasteiger partial charge is 0.417 e. The molecule has 20 heavy (non-hydrogen) atoms. The van der Waals surface area contributed by atoms with Crippen LogP contribution >= 0.6 is 15.9 Å². The molecule has 1 fully saturated rings. The maximum Gasteiger partial charge on any atom is 0.417 e. The minimum atomic E-state index is -4.35. The number of benzene rings is 1. The van der Waals surface area contributed by atoms with E-state index in [1.807, 2.05) is 0 Å². The molecule has 0 aliphatic carbocycles. The predicted molar refractivity (Wildman–Crippen MR) is 74.9 cm³/mol. The lowest BCUT2D eigenvalue weighted by Gasteiger charge is -2.26. The van der Waals surface area contributed by atoms with E-state index in [0.29, 0.717) is 12.2 Å². The van der Waals surface area contributed by atoms with Crippen LogP contribution in [0.5, 0.6) is 0 Å². The summed E-state index contributed by atoms with van der Waals surface area (Å²) in [6.07, 6.45) is -4.35. The fourth-order valence-electron chi connectivity index (χ4n) is 2.04. The molecular weight excluding hydrogens is 337 g/mol. The first-order valence-corrected chi connectivity index (χ1v) is 7.17. The van der Waals surface area contributed by atoms with E-state index in [1.165, 1.54) is 6.07 Å². The summed E-state index contributed by atoms with van der Waals surface area (Å²) in [5.74, 6) is 0. The fraction of sp³-hybridized carbons (Fsp3) is 0.538. The zero-order valence-corrected chi connectivity index (χ0v) is 12.4. The Morgan fingerprint density at radius 1 is 1.25 bits per heavy atom. The van der Waals surface area contributed by atoms with Crippen molar-refractivity contribution in [2.45, 2.75) is 6.18 Å². The Bertz CT molecular complexity index is 448. The highest BCUT2D eigenvalue weighted by molar-refractivity contribution is 9.10. The first kappa shape index (κ1) is 15.6. The number of ether oxygens (including phenoxy) is 1. The highest BCUT2D eigenvalue weighted by Gasteiger charge is 2.33. The average molecular weight is 353 g/mol. The monoisotopic (exact) mass is 352 g/mol. The molecule has 3 nitrogen and oxygen atoms in total. The third kappa shape index (κ3) is 4.36. The molecule has 7 heteroatoms. The summed E-state index contributed by atoms with van der Waals surface area (Å²) >= 11 is 2.93. The van der Waals surface area contributed by atoms with Crippen LogP contribution in [-0.4, -0.2) is 44.3 Å². The Hall–Kier alpha value is -0.790. The molecule has 1 aromatic rings. The molecule has 1 aliphatic heterocycles. The third-order valence-electron chi connectivity index (χ3n) is 3.13. The number of nitrogens with zero attached hydrogens (tertiary/aromatic N) is 1. The molecule has 0 radical (unpaired) electrons. The van der Waals surface area contributed by atoms with Crippen LogP contribution in [0.3, 0.4) is 0 Å². The van der Waals surface area contributed by atoms with Gasteiger partial charge in [0.2, 0.25) is 0 Å². The Kier molecular flexibility index (Phi) is 5.29. The molecular formula is C13H16BrF3N2O. The van der Waals surface area contributed by atoms with Crippen LogP contribution in [0, 0.1) is 0 Å². The van der Waals surface area contributed by atoms with Gasteiger partial charge in [-0.05, 0) is 18.2 Å². The lowest BCUT2D eigenvalue weighted by molar-refractivity contribution is -0.138. The minimum Gasteiger partial charge on any atom is -0.384 e. The van der Waals surface area contributed by atoms with E-state index in [4.69, 9.17) is 4.74 Å². The van der Waals surface area contributed by atoms with Gasteiger partial charge in [0.1, 0.15) is 0 Å². The van der Waals surface area contributed by atoms with Gasteiger partial charge in [0.05, 0.1) is 18.8 Å². The first-order valence-electron chi connectivity index (χ1n) is 6.37. The molecule has 0 bridgehead atoms. The maximum absolute atomic E-state index is 12.8. The molecule has 0 amide bonds. The van der Waals surface area contributed by atoms with Crippen LogP contribution in [0.1, 0.15) is 5.56 Å². The van der Waals surface area contributed by atoms with Gasteiger partial charge in [0, 0.05) is 36.3 Å². The van der Waals surface area contributed by atoms with Crippen molar-refractivity contribution in [3.05, 3.63) is 28.2 Å². The number of alkyl halides is 3. The molecule has 1 N–H and O–H groups in total. The van der Waals surface area contributed by atoms with Crippen molar-refractivity contribution < 1.29 is 17.9 Å². The number of hydrogen-bond donors (Lipinski definition) is 1. The van der Waals surface area contributed by atoms with Crippen molar-refractivity contribution in [1.29, 1.82) is 0 Å². The normalized spacial score (nSPS) is 17.2. The topological polar surface area (TPSA) is 24.5 Å². The van der Waals surface area contributed by atoms with Crippen LogP contribution in [0.2, 0.25) is 0 Å². The maximum atomic E-state index is 12.8. The van der Waals surface area contributed by atoms with Gasteiger partial charge in [-0.2, -0.15) is 13.2 Å². The SMILES string of the molecule is FC(F)(F)c1cc(NCCN2CCOCC2)ccc1Br. The van der Waals surface area contributed by atoms with Gasteiger partial charge < -0.3 is 10.1 Å². The highest BCUT2D eigenvalue weighted by atomic mass is 79.9. The predicted octanol–water partition coefficient (Wildman–Crippen LogP) is 3.21. The Balaban J connectivity index is 1.89. The second kappa shape index (κ2) is 6.78. The van der Waals surface area contributed by atoms with E-state index < -0.39 is 11.7 Å². The number of hydrogen-bond acceptors (Lipinski definition) is 3. The summed E-state index contributed by atoms with van der Waals surface area (Å²) < 4.78 is 43.6. The molecule has 0 saturated carbocycles. The summed E-state index contributed by atoms with van der Waals surface area (Å²) in [6, 6.07) is 4.18. The standard InChI is InChI=1S/C13H16BrF3N2O/c14-12-2-1-10(9-11(12)13(15,16)17)18-3-4-19-5-7-20-8-6-19/h1-2,9,18H,3-8H2. The van der Waals surface area contributed by atoms with Crippen molar-refractivity contribution in [2.24, 2.45) is 0 Å². The van der Waals surface area contributed by atoms with E-state index in [1.54, 1.807) is 6.07 Å². The van der Waals surface area contributed by atoms with Gasteiger partial charge in [-0.3, -0.25) is 4.90 Å². The van der Waals surface area contributed by atoms with Crippen molar-refractivity contribution in [3.63, 3.8) is 0 Å². The van der Waals surface area contributed by atoms with Gasteiger partial charge in [-0.1, -0.05) is 15.9 Å². The molecule has 1 heterocycles. The summed E-state index contributed by atoms with van der Waals surface area (Å²) in [7, 11) is 0. The van der Waals surface area contributed by atoms with Gasteiger partial charge in [-0.15, -0.1) is 0 Å². The molecule has 1 aromatic carbocycles. The molecule has 0 aromatic heterocycles. The Morgan fingerprint density at radius 3 is 2.60 bits per heavy atom. The fourth-order valence-corrected chi connectivity index (χ4v) is 2.51. The summed E-state index contributed by atoms with van der Waals surface area (Å²) in [6.45, 7) is 4.58. The summed E-state index contributed by atoms with van der Waals surface area (Å²) in [4.78, 5) is 2.22. The van der Waals surface area contributed by atoms with E-state index >= 15 is 0 Å². The lowest BCUT2D eigenvalue weighted by Crippen LogP contribution is -2.39. The average Bonchev–Trinajstić information content (AvgIpc) is 2.40. The molecule has 0 spiro atoms. The number of halogens is 4. The van der Waals surface area contributed by atoms with Crippen LogP contribution in [0.4, 0.5) is 18.9 Å². The molecule has 1 aliphatic rings. The Morgan fingerprint density at radius 2 is 1.95 bits per heavy atom. The van der Waals surface area contributed by atoms with Crippen molar-refractivity contribution in [2.75, 3.05) is 44.7 Å². The molecule has 0 unspecified atom stereocenters. The van der Waals surface area contributed by atoms with Crippen LogP contribution in [-0.2, 0) is 10.9 Å². The smallest absolute Gasteiger partial charge is 0.384 e. The second-order valence-electron chi connectivity index (χ2n) is 4.57. The van der Waals surface area contributed by atoms with Gasteiger partial charge >= 0.3 is 6.18 Å². The minimum absolute atomic E-state index is 0.0590. The molecule has 112 valence electrons. The van der Waals surface area contributed by atoms with E-state index in [9.17, 15) is 13.2 Å². The quantitative estimate of drug-likeness (QED) is 0.900. The van der Waals surface area contributed by atoms with Gasteiger partial charge in [0.25, 0.3) is 0 Å². The number of morpholine rings is 1. The number of rotatable bonds is 4. The van der Waals surface area contributed by atoms with Gasteiger partial charge in [-0.25, -0.2) is 0 Å². The van der Waals surface area contributed by atoms with Gasteiger partial charge in [0.15, 0.2) is 0 Å². The van der Waals surface area contributed by atoms with Crippen molar-refractivity contribution >= 4 is 21.6 Å². The van der Waals surface area contributed by atoms with E-state index in [2.05, 4.69) is 26.1 Å². The van der Waals surface area contributed by atoms with Crippen molar-refractivity contribution in [3.8, 4) is 0 Å². The van der Waals surface area contributed by atoms with Crippen LogP contribution in [0.15, 0.2) is 22.7 Å². The van der Waals surface area contributed by atoms with E-state index in [-0.39, 0.29) is 4.47 Å². The zero-order valence-electron chi connectivity index (χ0n) is 10.8. The highest BCUT2D eigenvalue weighted by Crippen LogP contribution is 2.36. The van der Waals surface area contributed by atoms with E-state index in [0.717, 1.165) is 38.9 Å². The summed E-state index contributed by atoms with van der Waals surface area (Å²) in [5.41, 5.74) is -0.178. The lowest BCUT2D eigenvalue weighted by atomic mass is 10.2. The molecule has 1 saturated heterocycles. The second-order valence-corrected chi connectivity index (χ2v) is 5.43. The third-order valence-corrected chi connectivity index (χ3v) is 3.82. The first-order chi connectivity index (χ1) is 9.47. The summed E-state index contributed by atoms with van der Waals surface area (Å²) in [5, 5.41) is 3.03. The zero-order chi connectivity index (χ0) is 14.6. The Labute approximate surface area is 124 Å². The van der Waals surface area contributed by atoms with Crippen LogP contribution in [0.25, 0.3) is 0 Å². The number of nitrogens with one attached hydrogen (secondary N) is 1. The molecule has 2 rings (SSSR count). The molecule has 0 atom stereocenters.